The van der Waals surface area contributed by atoms with Gasteiger partial charge in [0.2, 0.25) is 0 Å². The highest BCUT2D eigenvalue weighted by Crippen LogP contribution is 2.28. The Bertz CT molecular complexity index is 399. The van der Waals surface area contributed by atoms with Crippen molar-refractivity contribution in [3.8, 4) is 0 Å². The first-order chi connectivity index (χ1) is 7.91. The number of hydrogen-bond acceptors (Lipinski definition) is 2. The first kappa shape index (κ1) is 14.1. The number of aryl methyl sites for hydroxylation is 1. The maximum atomic E-state index is 10.8. The third-order valence-corrected chi connectivity index (χ3v) is 4.21. The van der Waals surface area contributed by atoms with E-state index in [0.717, 1.165) is 0 Å². The summed E-state index contributed by atoms with van der Waals surface area (Å²) in [6.45, 7) is 8.15. The Balaban J connectivity index is 2.76. The van der Waals surface area contributed by atoms with Gasteiger partial charge in [0.1, 0.15) is 0 Å². The van der Waals surface area contributed by atoms with Crippen LogP contribution in [-0.2, 0) is 4.79 Å². The van der Waals surface area contributed by atoms with Crippen LogP contribution in [0.25, 0.3) is 0 Å². The van der Waals surface area contributed by atoms with Crippen LogP contribution in [-0.4, -0.2) is 16.8 Å². The van der Waals surface area contributed by atoms with Crippen LogP contribution < -0.4 is 0 Å². The molecule has 0 aliphatic heterocycles. The topological polar surface area (TPSA) is 37.3 Å². The Morgan fingerprint density at radius 1 is 1.35 bits per heavy atom. The second-order valence-electron chi connectivity index (χ2n) is 4.73. The first-order valence-corrected chi connectivity index (χ1v) is 6.86. The van der Waals surface area contributed by atoms with Crippen molar-refractivity contribution < 1.29 is 9.90 Å². The zero-order valence-corrected chi connectivity index (χ0v) is 11.7. The van der Waals surface area contributed by atoms with E-state index < -0.39 is 5.97 Å². The average molecular weight is 252 g/mol. The minimum atomic E-state index is -0.727. The summed E-state index contributed by atoms with van der Waals surface area (Å²) in [4.78, 5) is 12.0. The molecule has 94 valence electrons. The molecule has 0 spiro atoms. The molecule has 1 N–H and O–H groups in total. The first-order valence-electron chi connectivity index (χ1n) is 5.88. The molecule has 0 bridgehead atoms. The molecule has 0 radical (unpaired) electrons. The van der Waals surface area contributed by atoms with Gasteiger partial charge in [-0.1, -0.05) is 32.9 Å². The highest BCUT2D eigenvalue weighted by molar-refractivity contribution is 7.99. The molecule has 0 heterocycles. The Morgan fingerprint density at radius 2 is 2.00 bits per heavy atom. The zero-order valence-electron chi connectivity index (χ0n) is 10.9. The molecule has 1 rings (SSSR count). The van der Waals surface area contributed by atoms with E-state index in [1.807, 2.05) is 0 Å². The monoisotopic (exact) mass is 252 g/mol. The van der Waals surface area contributed by atoms with Gasteiger partial charge in [0.15, 0.2) is 0 Å². The molecule has 0 aliphatic carbocycles. The van der Waals surface area contributed by atoms with Crippen LogP contribution in [0.15, 0.2) is 23.1 Å². The molecule has 0 fully saturated rings. The number of thioether (sulfide) groups is 1. The molecule has 0 aromatic heterocycles. The third-order valence-electron chi connectivity index (χ3n) is 2.79. The number of carbonyl (C=O) groups is 1. The number of aliphatic carboxylic acids is 1. The summed E-state index contributed by atoms with van der Waals surface area (Å²) in [7, 11) is 0. The molecule has 3 heteroatoms. The van der Waals surface area contributed by atoms with Crippen molar-refractivity contribution in [3.63, 3.8) is 0 Å². The van der Waals surface area contributed by atoms with E-state index in [4.69, 9.17) is 5.11 Å². The van der Waals surface area contributed by atoms with Gasteiger partial charge >= 0.3 is 5.97 Å². The number of benzene rings is 1. The Kier molecular flexibility index (Phi) is 5.06. The third kappa shape index (κ3) is 4.08. The quantitative estimate of drug-likeness (QED) is 0.807. The van der Waals surface area contributed by atoms with Crippen LogP contribution in [0.2, 0.25) is 0 Å². The van der Waals surface area contributed by atoms with Crippen molar-refractivity contribution in [2.75, 3.05) is 5.75 Å². The van der Waals surface area contributed by atoms with Gasteiger partial charge in [-0.2, -0.15) is 0 Å². The van der Waals surface area contributed by atoms with E-state index in [0.29, 0.717) is 11.7 Å². The van der Waals surface area contributed by atoms with E-state index in [-0.39, 0.29) is 5.92 Å². The normalized spacial score (nSPS) is 12.8. The second kappa shape index (κ2) is 6.10. The minimum Gasteiger partial charge on any atom is -0.481 e. The van der Waals surface area contributed by atoms with Gasteiger partial charge in [0.05, 0.1) is 5.92 Å². The van der Waals surface area contributed by atoms with E-state index in [1.165, 1.54) is 16.0 Å². The number of rotatable bonds is 5. The molecule has 1 aromatic rings. The Morgan fingerprint density at radius 3 is 2.53 bits per heavy atom. The van der Waals surface area contributed by atoms with Crippen molar-refractivity contribution in [2.24, 2.45) is 5.92 Å². The molecular formula is C14H20O2S. The van der Waals surface area contributed by atoms with Gasteiger partial charge in [0, 0.05) is 10.6 Å². The van der Waals surface area contributed by atoms with Gasteiger partial charge in [0.25, 0.3) is 0 Å². The summed E-state index contributed by atoms with van der Waals surface area (Å²) in [6.07, 6.45) is 0. The van der Waals surface area contributed by atoms with Crippen LogP contribution in [0.1, 0.15) is 37.8 Å². The van der Waals surface area contributed by atoms with Gasteiger partial charge < -0.3 is 5.11 Å². The van der Waals surface area contributed by atoms with Crippen molar-refractivity contribution in [3.05, 3.63) is 29.3 Å². The fraction of sp³-hybridized carbons (Fsp3) is 0.500. The summed E-state index contributed by atoms with van der Waals surface area (Å²) < 4.78 is 0. The Hall–Kier alpha value is -0.960. The van der Waals surface area contributed by atoms with Crippen molar-refractivity contribution in [1.82, 2.24) is 0 Å². The largest absolute Gasteiger partial charge is 0.481 e. The van der Waals surface area contributed by atoms with Crippen molar-refractivity contribution in [2.45, 2.75) is 38.5 Å². The summed E-state index contributed by atoms with van der Waals surface area (Å²) in [5.74, 6) is 0.0988. The van der Waals surface area contributed by atoms with Crippen LogP contribution in [0.4, 0.5) is 0 Å². The smallest absolute Gasteiger partial charge is 0.307 e. The van der Waals surface area contributed by atoms with Crippen LogP contribution in [0.3, 0.4) is 0 Å². The van der Waals surface area contributed by atoms with E-state index in [9.17, 15) is 4.79 Å². The molecule has 1 atom stereocenters. The van der Waals surface area contributed by atoms with Crippen molar-refractivity contribution in [1.29, 1.82) is 0 Å². The van der Waals surface area contributed by atoms with E-state index >= 15 is 0 Å². The summed E-state index contributed by atoms with van der Waals surface area (Å²) >= 11 is 1.63. The molecule has 1 unspecified atom stereocenters. The molecule has 0 saturated carbocycles. The van der Waals surface area contributed by atoms with E-state index in [2.05, 4.69) is 39.0 Å². The zero-order chi connectivity index (χ0) is 13.0. The van der Waals surface area contributed by atoms with Crippen LogP contribution in [0.5, 0.6) is 0 Å². The van der Waals surface area contributed by atoms with Gasteiger partial charge in [-0.15, -0.1) is 11.8 Å². The lowest BCUT2D eigenvalue weighted by atomic mass is 10.0. The number of hydrogen-bond donors (Lipinski definition) is 1. The number of carboxylic acid groups (broad SMARTS) is 1. The van der Waals surface area contributed by atoms with Crippen LogP contribution in [0, 0.1) is 12.8 Å². The fourth-order valence-corrected chi connectivity index (χ4v) is 2.50. The Labute approximate surface area is 107 Å². The lowest BCUT2D eigenvalue weighted by Crippen LogP contribution is -2.11. The maximum absolute atomic E-state index is 10.8. The molecule has 17 heavy (non-hydrogen) atoms. The molecule has 2 nitrogen and oxygen atoms in total. The van der Waals surface area contributed by atoms with Crippen LogP contribution >= 0.6 is 11.8 Å². The van der Waals surface area contributed by atoms with Gasteiger partial charge in [-0.05, 0) is 30.0 Å². The lowest BCUT2D eigenvalue weighted by Gasteiger charge is -2.12. The molecule has 0 amide bonds. The number of carboxylic acids is 1. The summed E-state index contributed by atoms with van der Waals surface area (Å²) in [6, 6.07) is 6.44. The van der Waals surface area contributed by atoms with E-state index in [1.54, 1.807) is 18.7 Å². The minimum absolute atomic E-state index is 0.304. The predicted octanol–water partition coefficient (Wildman–Crippen LogP) is 3.93. The second-order valence-corrected chi connectivity index (χ2v) is 5.79. The summed E-state index contributed by atoms with van der Waals surface area (Å²) in [5.41, 5.74) is 2.53. The highest BCUT2D eigenvalue weighted by atomic mass is 32.2. The molecular weight excluding hydrogens is 232 g/mol. The molecule has 0 saturated heterocycles. The SMILES string of the molecule is Cc1ccc(C(C)C)cc1SCC(C)C(=O)O. The maximum Gasteiger partial charge on any atom is 0.307 e. The van der Waals surface area contributed by atoms with Gasteiger partial charge in [-0.3, -0.25) is 4.79 Å². The highest BCUT2D eigenvalue weighted by Gasteiger charge is 2.12. The standard InChI is InChI=1S/C14H20O2S/c1-9(2)12-6-5-10(3)13(7-12)17-8-11(4)14(15)16/h5-7,9,11H,8H2,1-4H3,(H,15,16). The van der Waals surface area contributed by atoms with Gasteiger partial charge in [-0.25, -0.2) is 0 Å². The fourth-order valence-electron chi connectivity index (χ4n) is 1.42. The average Bonchev–Trinajstić information content (AvgIpc) is 2.26. The lowest BCUT2D eigenvalue weighted by molar-refractivity contribution is -0.140. The predicted molar refractivity (Wildman–Crippen MR) is 72.8 cm³/mol. The molecule has 1 aromatic carbocycles. The summed E-state index contributed by atoms with van der Waals surface area (Å²) in [5, 5.41) is 8.86. The molecule has 0 aliphatic rings. The van der Waals surface area contributed by atoms with Crippen molar-refractivity contribution >= 4 is 17.7 Å².